The fourth-order valence-corrected chi connectivity index (χ4v) is 30.8. The van der Waals surface area contributed by atoms with E-state index in [4.69, 9.17) is 0 Å². The zero-order valence-electron chi connectivity index (χ0n) is 74.5. The van der Waals surface area contributed by atoms with Crippen LogP contribution in [0.3, 0.4) is 0 Å². The van der Waals surface area contributed by atoms with Crippen molar-refractivity contribution in [2.24, 2.45) is 0 Å². The Bertz CT molecular complexity index is 9950. The van der Waals surface area contributed by atoms with Crippen molar-refractivity contribution in [3.8, 4) is 111 Å². The van der Waals surface area contributed by atoms with Crippen LogP contribution >= 0.6 is 45.3 Å². The first kappa shape index (κ1) is 77.1. The Morgan fingerprint density at radius 3 is 0.761 bits per heavy atom. The number of hydrogen-bond acceptors (Lipinski definition) is 4. The van der Waals surface area contributed by atoms with Crippen LogP contribution in [0, 0.1) is 0 Å². The van der Waals surface area contributed by atoms with Gasteiger partial charge in [0.1, 0.15) is 0 Å². The van der Waals surface area contributed by atoms with E-state index in [1.165, 1.54) is 301 Å². The molecule has 32 rings (SSSR count). The van der Waals surface area contributed by atoms with E-state index in [1.807, 2.05) is 45.3 Å². The summed E-state index contributed by atoms with van der Waals surface area (Å²) in [6, 6.07) is 175. The molecule has 636 valence electrons. The summed E-state index contributed by atoms with van der Waals surface area (Å²) in [5.74, 6) is 0. The third-order valence-electron chi connectivity index (χ3n) is 31.4. The number of fused-ring (bicyclic) bond motifs is 40. The minimum absolute atomic E-state index is 0.484. The summed E-state index contributed by atoms with van der Waals surface area (Å²) in [6.07, 6.45) is 0. The number of rotatable bonds is 6. The molecule has 138 heavy (non-hydrogen) atoms. The van der Waals surface area contributed by atoms with Gasteiger partial charge in [-0.25, -0.2) is 0 Å². The molecule has 0 saturated heterocycles. The highest BCUT2D eigenvalue weighted by Gasteiger charge is 2.55. The van der Waals surface area contributed by atoms with Crippen LogP contribution in [-0.2, 0) is 10.8 Å². The van der Waals surface area contributed by atoms with Crippen molar-refractivity contribution in [1.29, 1.82) is 0 Å². The molecule has 28 aromatic rings. The van der Waals surface area contributed by atoms with E-state index in [9.17, 15) is 0 Å². The lowest BCUT2D eigenvalue weighted by Crippen LogP contribution is -2.25. The van der Waals surface area contributed by atoms with Crippen molar-refractivity contribution in [2.75, 3.05) is 0 Å². The van der Waals surface area contributed by atoms with E-state index in [2.05, 4.69) is 461 Å². The maximum absolute atomic E-state index is 2.53. The highest BCUT2D eigenvalue weighted by atomic mass is 32.1. The summed E-state index contributed by atoms with van der Waals surface area (Å²) in [6.45, 7) is 0. The van der Waals surface area contributed by atoms with E-state index >= 15 is 0 Å². The van der Waals surface area contributed by atoms with Gasteiger partial charge in [0.05, 0.1) is 10.8 Å². The van der Waals surface area contributed by atoms with Crippen LogP contribution in [0.15, 0.2) is 461 Å². The van der Waals surface area contributed by atoms with Crippen LogP contribution in [-0.4, -0.2) is 0 Å². The standard InChI is InChI=1S/2C67H38S2/c1-2-17-40-39(16-1)36-37-59-63(40)51-20-3-7-31-56(51)67(59)57-32-8-4-21-52(57)64-53(30-15-33-58(64)67)62-45-24-11-22-41(47-26-13-28-49-43-18-5-9-34-60(43)68-65(47)49)54(45)38-55-42(23-12-25-46(55)62)48-27-14-29-50-44-19-6-10-35-61(44)69-66(48)50;1-2-17-40-39(16-1)36-37-57-63(40)47-18-3-7-29-54(47)67(57)55-30-8-4-19-48(55)64-51(28-13-31-56(64)67)62-45-24-11-22-41(43-26-14-34-60-65(43)49-20-5-9-32-58(49)68-60)52(45)38-53-42(23-12-25-46(53)62)44-27-15-35-61-66(44)50-21-6-10-33-59(50)69-61/h2*1-38H. The first-order valence-corrected chi connectivity index (χ1v) is 51.1. The first-order valence-electron chi connectivity index (χ1n) is 47.8. The van der Waals surface area contributed by atoms with E-state index in [-0.39, 0.29) is 0 Å². The van der Waals surface area contributed by atoms with Gasteiger partial charge in [-0.15, -0.1) is 45.3 Å². The second kappa shape index (κ2) is 29.1. The van der Waals surface area contributed by atoms with Crippen molar-refractivity contribution in [2.45, 2.75) is 10.8 Å². The average molecular weight is 1810 g/mol. The smallest absolute Gasteiger partial charge is 0.0725 e. The topological polar surface area (TPSA) is 0 Å². The molecule has 4 aromatic heterocycles. The molecule has 4 aliphatic carbocycles. The fraction of sp³-hybridized carbons (Fsp3) is 0.0149. The number of benzene rings is 24. The van der Waals surface area contributed by atoms with Gasteiger partial charge in [-0.2, -0.15) is 0 Å². The zero-order chi connectivity index (χ0) is 89.9. The molecule has 0 bridgehead atoms. The third-order valence-corrected chi connectivity index (χ3v) is 36.1. The van der Waals surface area contributed by atoms with Crippen molar-refractivity contribution in [3.05, 3.63) is 506 Å². The Morgan fingerprint density at radius 1 is 0.123 bits per heavy atom. The monoisotopic (exact) mass is 1810 g/mol. The van der Waals surface area contributed by atoms with Gasteiger partial charge in [-0.05, 0) is 258 Å². The predicted molar refractivity (Wildman–Crippen MR) is 595 cm³/mol. The minimum Gasteiger partial charge on any atom is -0.135 e. The molecule has 0 fully saturated rings. The summed E-state index contributed by atoms with van der Waals surface area (Å²) in [5.41, 5.74) is 35.8. The van der Waals surface area contributed by atoms with Crippen molar-refractivity contribution in [1.82, 2.24) is 0 Å². The van der Waals surface area contributed by atoms with Gasteiger partial charge in [-0.1, -0.05) is 413 Å². The van der Waals surface area contributed by atoms with Gasteiger partial charge in [0.15, 0.2) is 0 Å². The molecular formula is C134H76S4. The molecule has 4 heteroatoms. The summed E-state index contributed by atoms with van der Waals surface area (Å²) in [5, 5.41) is 25.8. The number of thiophene rings is 4. The lowest BCUT2D eigenvalue weighted by molar-refractivity contribution is 0.794. The Balaban J connectivity index is 0.000000128. The molecule has 0 N–H and O–H groups in total. The predicted octanol–water partition coefficient (Wildman–Crippen LogP) is 38.5. The zero-order valence-corrected chi connectivity index (χ0v) is 77.8. The summed E-state index contributed by atoms with van der Waals surface area (Å²) >= 11 is 7.60. The van der Waals surface area contributed by atoms with E-state index < -0.39 is 10.8 Å². The molecule has 4 aliphatic rings. The maximum Gasteiger partial charge on any atom is 0.0725 e. The normalized spacial score (nSPS) is 14.7. The van der Waals surface area contributed by atoms with Crippen LogP contribution in [0.4, 0.5) is 0 Å². The summed E-state index contributed by atoms with van der Waals surface area (Å²) < 4.78 is 10.6. The van der Waals surface area contributed by atoms with Gasteiger partial charge in [0.2, 0.25) is 0 Å². The molecular weight excluding hydrogens is 1740 g/mol. The SMILES string of the molecule is c1ccc2c(c1)-c1c(-c3c4cccc(-c5cccc6c5sc5ccccc56)c4cc4c(-c5cccc6c5sc5ccccc56)cccc34)cccc1C21c2ccccc2-c2c1ccc1ccccc21.c1ccc2c(c1)-c1c(-c3c4cccc(-c5cccc6sc7ccccc7c56)c4cc4c(-c5cccc6sc7ccccc7c56)cccc34)cccc1C21c2ccccc2-c2c1ccc1ccccc21. The first-order chi connectivity index (χ1) is 68.5. The molecule has 0 nitrogen and oxygen atoms in total. The van der Waals surface area contributed by atoms with Crippen molar-refractivity contribution in [3.63, 3.8) is 0 Å². The van der Waals surface area contributed by atoms with Gasteiger partial charge in [-0.3, -0.25) is 0 Å². The average Bonchev–Trinajstić information content (AvgIpc) is 1.50. The molecule has 4 heterocycles. The summed E-state index contributed by atoms with van der Waals surface area (Å²) in [4.78, 5) is 0. The Hall–Kier alpha value is -16.3. The highest BCUT2D eigenvalue weighted by Crippen LogP contribution is 2.69. The van der Waals surface area contributed by atoms with Crippen LogP contribution < -0.4 is 0 Å². The number of hydrogen-bond donors (Lipinski definition) is 0. The van der Waals surface area contributed by atoms with E-state index in [0.717, 1.165) is 0 Å². The van der Waals surface area contributed by atoms with Gasteiger partial charge in [0.25, 0.3) is 0 Å². The van der Waals surface area contributed by atoms with Gasteiger partial charge >= 0.3 is 0 Å². The Kier molecular flexibility index (Phi) is 16.3. The Labute approximate surface area is 811 Å². The molecule has 2 spiro atoms. The molecule has 0 radical (unpaired) electrons. The van der Waals surface area contributed by atoms with Gasteiger partial charge < -0.3 is 0 Å². The molecule has 2 atom stereocenters. The lowest BCUT2D eigenvalue weighted by Gasteiger charge is -2.30. The van der Waals surface area contributed by atoms with Crippen LogP contribution in [0.2, 0.25) is 0 Å². The van der Waals surface area contributed by atoms with Crippen molar-refractivity contribution < 1.29 is 0 Å². The van der Waals surface area contributed by atoms with Crippen LogP contribution in [0.1, 0.15) is 44.5 Å². The fourth-order valence-electron chi connectivity index (χ4n) is 26.1. The quantitative estimate of drug-likeness (QED) is 0.146. The largest absolute Gasteiger partial charge is 0.135 e. The van der Waals surface area contributed by atoms with Crippen LogP contribution in [0.5, 0.6) is 0 Å². The lowest BCUT2D eigenvalue weighted by atomic mass is 9.70. The molecule has 0 saturated carbocycles. The molecule has 0 amide bonds. The highest BCUT2D eigenvalue weighted by molar-refractivity contribution is 7.27. The second-order valence-corrected chi connectivity index (χ2v) is 42.0. The molecule has 0 aliphatic heterocycles. The molecule has 2 unspecified atom stereocenters. The van der Waals surface area contributed by atoms with Gasteiger partial charge in [0, 0.05) is 91.8 Å². The van der Waals surface area contributed by atoms with Crippen LogP contribution in [0.25, 0.3) is 257 Å². The van der Waals surface area contributed by atoms with E-state index in [1.54, 1.807) is 0 Å². The summed E-state index contributed by atoms with van der Waals surface area (Å²) in [7, 11) is 0. The third kappa shape index (κ3) is 10.4. The minimum atomic E-state index is -0.486. The van der Waals surface area contributed by atoms with E-state index in [0.29, 0.717) is 0 Å². The Morgan fingerprint density at radius 2 is 0.370 bits per heavy atom. The second-order valence-electron chi connectivity index (χ2n) is 37.8. The van der Waals surface area contributed by atoms with Crippen molar-refractivity contribution >= 4 is 191 Å². The molecule has 24 aromatic carbocycles. The maximum atomic E-state index is 2.53.